The van der Waals surface area contributed by atoms with Crippen LogP contribution < -0.4 is 0 Å². The highest BCUT2D eigenvalue weighted by atomic mass is 32.2. The van der Waals surface area contributed by atoms with Gasteiger partial charge in [0.25, 0.3) is 0 Å². The number of hydrogen-bond acceptors (Lipinski definition) is 5. The number of sulfone groups is 1. The second kappa shape index (κ2) is 9.56. The van der Waals surface area contributed by atoms with E-state index in [1.807, 2.05) is 0 Å². The molecule has 0 saturated heterocycles. The van der Waals surface area contributed by atoms with Crippen molar-refractivity contribution in [2.24, 2.45) is 0 Å². The first-order valence-electron chi connectivity index (χ1n) is 5.80. The first kappa shape index (κ1) is 16.5. The van der Waals surface area contributed by atoms with Crippen LogP contribution in [0.1, 0.15) is 26.2 Å². The van der Waals surface area contributed by atoms with Crippen LogP contribution in [0.15, 0.2) is 0 Å². The minimum absolute atomic E-state index is 0.0497. The van der Waals surface area contributed by atoms with Gasteiger partial charge >= 0.3 is 0 Å². The third-order valence-electron chi connectivity index (χ3n) is 2.31. The highest BCUT2D eigenvalue weighted by molar-refractivity contribution is 7.91. The molecule has 0 aromatic heterocycles. The third kappa shape index (κ3) is 10.4. The van der Waals surface area contributed by atoms with Crippen LogP contribution in [0.25, 0.3) is 0 Å². The number of Topliss-reactive ketones (excluding diaryl/α,β-unsaturated/α-hetero) is 1. The van der Waals surface area contributed by atoms with Crippen molar-refractivity contribution >= 4 is 15.6 Å². The molecular weight excluding hydrogens is 244 g/mol. The molecule has 0 aromatic rings. The molecule has 0 aliphatic rings. The minimum Gasteiger partial charge on any atom is -0.382 e. The van der Waals surface area contributed by atoms with E-state index in [1.165, 1.54) is 0 Å². The van der Waals surface area contributed by atoms with E-state index in [0.29, 0.717) is 39.1 Å². The lowest BCUT2D eigenvalue weighted by atomic mass is 10.2. The molecular formula is C11H22O5S. The van der Waals surface area contributed by atoms with Crippen LogP contribution in [0.3, 0.4) is 0 Å². The maximum Gasteiger partial charge on any atom is 0.150 e. The van der Waals surface area contributed by atoms with Crippen molar-refractivity contribution < 1.29 is 22.7 Å². The molecule has 0 bridgehead atoms. The Kier molecular flexibility index (Phi) is 9.30. The fraction of sp³-hybridized carbons (Fsp3) is 0.909. The SMILES string of the molecule is CCS(=O)(=O)CCCC(=O)CCOCCOC. The molecule has 0 saturated carbocycles. The summed E-state index contributed by atoms with van der Waals surface area (Å²) >= 11 is 0. The van der Waals surface area contributed by atoms with Crippen LogP contribution in [0.4, 0.5) is 0 Å². The molecule has 17 heavy (non-hydrogen) atoms. The average molecular weight is 266 g/mol. The van der Waals surface area contributed by atoms with Gasteiger partial charge in [0.15, 0.2) is 0 Å². The minimum atomic E-state index is -2.95. The molecule has 0 heterocycles. The molecule has 0 N–H and O–H groups in total. The van der Waals surface area contributed by atoms with Crippen molar-refractivity contribution in [3.05, 3.63) is 0 Å². The Morgan fingerprint density at radius 1 is 1.12 bits per heavy atom. The number of ketones is 1. The Morgan fingerprint density at radius 2 is 1.82 bits per heavy atom. The molecule has 0 radical (unpaired) electrons. The molecule has 6 heteroatoms. The first-order valence-corrected chi connectivity index (χ1v) is 7.62. The predicted molar refractivity (Wildman–Crippen MR) is 65.9 cm³/mol. The number of methoxy groups -OCH3 is 1. The van der Waals surface area contributed by atoms with Crippen LogP contribution in [0.5, 0.6) is 0 Å². The van der Waals surface area contributed by atoms with Gasteiger partial charge in [0.05, 0.1) is 25.6 Å². The fourth-order valence-electron chi connectivity index (χ4n) is 1.19. The molecule has 0 aliphatic heterocycles. The second-order valence-electron chi connectivity index (χ2n) is 3.73. The summed E-state index contributed by atoms with van der Waals surface area (Å²) in [6.07, 6.45) is 1.07. The van der Waals surface area contributed by atoms with Gasteiger partial charge in [0.1, 0.15) is 15.6 Å². The van der Waals surface area contributed by atoms with Gasteiger partial charge < -0.3 is 9.47 Å². The highest BCUT2D eigenvalue weighted by Crippen LogP contribution is 2.00. The van der Waals surface area contributed by atoms with E-state index in [9.17, 15) is 13.2 Å². The Bertz CT molecular complexity index is 297. The molecule has 0 rings (SSSR count). The zero-order chi connectivity index (χ0) is 13.1. The molecule has 5 nitrogen and oxygen atoms in total. The zero-order valence-corrected chi connectivity index (χ0v) is 11.4. The quantitative estimate of drug-likeness (QED) is 0.518. The number of carbonyl (C=O) groups is 1. The summed E-state index contributed by atoms with van der Waals surface area (Å²) in [7, 11) is -1.36. The molecule has 0 atom stereocenters. The summed E-state index contributed by atoms with van der Waals surface area (Å²) in [6.45, 7) is 2.99. The van der Waals surface area contributed by atoms with E-state index in [4.69, 9.17) is 9.47 Å². The van der Waals surface area contributed by atoms with Crippen molar-refractivity contribution in [2.45, 2.75) is 26.2 Å². The van der Waals surface area contributed by atoms with E-state index in [2.05, 4.69) is 0 Å². The summed E-state index contributed by atoms with van der Waals surface area (Å²) in [4.78, 5) is 11.3. The summed E-state index contributed by atoms with van der Waals surface area (Å²) in [5, 5.41) is 0. The second-order valence-corrected chi connectivity index (χ2v) is 6.21. The van der Waals surface area contributed by atoms with Gasteiger partial charge in [-0.1, -0.05) is 6.92 Å². The van der Waals surface area contributed by atoms with Crippen LogP contribution in [-0.4, -0.2) is 52.6 Å². The maximum atomic E-state index is 11.3. The largest absolute Gasteiger partial charge is 0.382 e. The summed E-state index contributed by atoms with van der Waals surface area (Å²) in [5.74, 6) is 0.287. The highest BCUT2D eigenvalue weighted by Gasteiger charge is 2.09. The van der Waals surface area contributed by atoms with Crippen LogP contribution in [-0.2, 0) is 24.1 Å². The first-order chi connectivity index (χ1) is 8.02. The van der Waals surface area contributed by atoms with Crippen LogP contribution in [0, 0.1) is 0 Å². The lowest BCUT2D eigenvalue weighted by molar-refractivity contribution is -0.120. The summed E-state index contributed by atoms with van der Waals surface area (Å²) in [5.41, 5.74) is 0. The Morgan fingerprint density at radius 3 is 2.41 bits per heavy atom. The van der Waals surface area contributed by atoms with Gasteiger partial charge in [-0.2, -0.15) is 0 Å². The molecule has 102 valence electrons. The molecule has 0 aromatic carbocycles. The smallest absolute Gasteiger partial charge is 0.150 e. The number of carbonyl (C=O) groups excluding carboxylic acids is 1. The lowest BCUT2D eigenvalue weighted by Gasteiger charge is -2.03. The van der Waals surface area contributed by atoms with Crippen LogP contribution in [0.2, 0.25) is 0 Å². The van der Waals surface area contributed by atoms with Gasteiger partial charge in [0.2, 0.25) is 0 Å². The number of hydrogen-bond donors (Lipinski definition) is 0. The van der Waals surface area contributed by atoms with Gasteiger partial charge in [-0.15, -0.1) is 0 Å². The van der Waals surface area contributed by atoms with Crippen molar-refractivity contribution in [1.82, 2.24) is 0 Å². The molecule has 0 amide bonds. The number of rotatable bonds is 11. The predicted octanol–water partition coefficient (Wildman–Crippen LogP) is 0.824. The van der Waals surface area contributed by atoms with Gasteiger partial charge in [-0.3, -0.25) is 4.79 Å². The van der Waals surface area contributed by atoms with Crippen molar-refractivity contribution in [1.29, 1.82) is 0 Å². The normalized spacial score (nSPS) is 11.6. The molecule has 0 fully saturated rings. The topological polar surface area (TPSA) is 69.7 Å². The zero-order valence-electron chi connectivity index (χ0n) is 10.6. The Balaban J connectivity index is 3.47. The molecule has 0 spiro atoms. The van der Waals surface area contributed by atoms with E-state index in [1.54, 1.807) is 14.0 Å². The van der Waals surface area contributed by atoms with Gasteiger partial charge in [0, 0.05) is 25.7 Å². The third-order valence-corrected chi connectivity index (χ3v) is 4.10. The Hall–Kier alpha value is -0.460. The van der Waals surface area contributed by atoms with Gasteiger partial charge in [-0.05, 0) is 6.42 Å². The summed E-state index contributed by atoms with van der Waals surface area (Å²) in [6, 6.07) is 0. The standard InChI is InChI=1S/C11H22O5S/c1-3-17(13,14)10-4-5-11(12)6-7-16-9-8-15-2/h3-10H2,1-2H3. The van der Waals surface area contributed by atoms with E-state index >= 15 is 0 Å². The lowest BCUT2D eigenvalue weighted by Crippen LogP contribution is -2.12. The van der Waals surface area contributed by atoms with E-state index in [0.717, 1.165) is 0 Å². The molecule has 0 unspecified atom stereocenters. The van der Waals surface area contributed by atoms with E-state index in [-0.39, 0.29) is 17.3 Å². The van der Waals surface area contributed by atoms with Crippen molar-refractivity contribution in [2.75, 3.05) is 38.4 Å². The van der Waals surface area contributed by atoms with Crippen molar-refractivity contribution in [3.8, 4) is 0 Å². The molecule has 0 aliphatic carbocycles. The van der Waals surface area contributed by atoms with Crippen molar-refractivity contribution in [3.63, 3.8) is 0 Å². The summed E-state index contributed by atoms with van der Waals surface area (Å²) < 4.78 is 32.3. The number of ether oxygens (including phenoxy) is 2. The monoisotopic (exact) mass is 266 g/mol. The van der Waals surface area contributed by atoms with Crippen LogP contribution >= 0.6 is 0 Å². The Labute approximate surface area is 103 Å². The van der Waals surface area contributed by atoms with E-state index < -0.39 is 9.84 Å². The van der Waals surface area contributed by atoms with Gasteiger partial charge in [-0.25, -0.2) is 8.42 Å². The maximum absolute atomic E-state index is 11.3. The average Bonchev–Trinajstić information content (AvgIpc) is 2.28. The fourth-order valence-corrected chi connectivity index (χ4v) is 2.06.